The number of thiazole rings is 1. The van der Waals surface area contributed by atoms with Gasteiger partial charge in [-0.2, -0.15) is 4.98 Å². The SMILES string of the molecule is Cc1nc(CSc2ccccc2C(=O)Nc2nc(-c3ccc(F)cc3)cs2)no1. The number of hydrogen-bond donors (Lipinski definition) is 1. The van der Waals surface area contributed by atoms with Crippen LogP contribution in [-0.2, 0) is 5.75 Å². The monoisotopic (exact) mass is 426 g/mol. The summed E-state index contributed by atoms with van der Waals surface area (Å²) in [7, 11) is 0. The molecular weight excluding hydrogens is 411 g/mol. The molecule has 0 aliphatic heterocycles. The van der Waals surface area contributed by atoms with E-state index in [1.54, 1.807) is 25.1 Å². The minimum Gasteiger partial charge on any atom is -0.340 e. The Morgan fingerprint density at radius 2 is 1.97 bits per heavy atom. The average Bonchev–Trinajstić information content (AvgIpc) is 3.36. The summed E-state index contributed by atoms with van der Waals surface area (Å²) in [4.78, 5) is 22.2. The van der Waals surface area contributed by atoms with Crippen LogP contribution in [0.25, 0.3) is 11.3 Å². The highest BCUT2D eigenvalue weighted by atomic mass is 32.2. The number of carbonyl (C=O) groups excluding carboxylic acids is 1. The third kappa shape index (κ3) is 4.69. The third-order valence-electron chi connectivity index (χ3n) is 3.92. The zero-order valence-electron chi connectivity index (χ0n) is 15.3. The topological polar surface area (TPSA) is 80.9 Å². The highest BCUT2D eigenvalue weighted by molar-refractivity contribution is 7.98. The first-order valence-corrected chi connectivity index (χ1v) is 10.5. The second-order valence-electron chi connectivity index (χ2n) is 6.01. The molecule has 0 atom stereocenters. The van der Waals surface area contributed by atoms with Crippen LogP contribution in [0.4, 0.5) is 9.52 Å². The number of hydrogen-bond acceptors (Lipinski definition) is 7. The van der Waals surface area contributed by atoms with E-state index >= 15 is 0 Å². The van der Waals surface area contributed by atoms with E-state index in [2.05, 4.69) is 20.4 Å². The molecule has 9 heteroatoms. The molecule has 146 valence electrons. The molecule has 2 heterocycles. The highest BCUT2D eigenvalue weighted by Crippen LogP contribution is 2.28. The Labute approximate surface area is 174 Å². The van der Waals surface area contributed by atoms with E-state index in [4.69, 9.17) is 4.52 Å². The van der Waals surface area contributed by atoms with Crippen molar-refractivity contribution in [3.63, 3.8) is 0 Å². The van der Waals surface area contributed by atoms with Gasteiger partial charge in [0.1, 0.15) is 5.82 Å². The zero-order valence-corrected chi connectivity index (χ0v) is 16.9. The Bertz CT molecular complexity index is 1140. The second-order valence-corrected chi connectivity index (χ2v) is 7.89. The predicted octanol–water partition coefficient (Wildman–Crippen LogP) is 5.19. The fourth-order valence-electron chi connectivity index (χ4n) is 2.57. The summed E-state index contributed by atoms with van der Waals surface area (Å²) in [6.07, 6.45) is 0. The average molecular weight is 426 g/mol. The van der Waals surface area contributed by atoms with Gasteiger partial charge in [-0.1, -0.05) is 17.3 Å². The molecule has 0 saturated carbocycles. The molecule has 4 aromatic rings. The van der Waals surface area contributed by atoms with Crippen molar-refractivity contribution in [3.05, 3.63) is 77.0 Å². The lowest BCUT2D eigenvalue weighted by atomic mass is 10.2. The minimum absolute atomic E-state index is 0.252. The zero-order chi connectivity index (χ0) is 20.2. The molecular formula is C20H15FN4O2S2. The number of nitrogens with one attached hydrogen (secondary N) is 1. The molecule has 1 amide bonds. The van der Waals surface area contributed by atoms with Crippen LogP contribution in [-0.4, -0.2) is 21.0 Å². The molecule has 2 aromatic heterocycles. The normalized spacial score (nSPS) is 10.8. The summed E-state index contributed by atoms with van der Waals surface area (Å²) < 4.78 is 18.1. The molecule has 1 N–H and O–H groups in total. The second kappa shape index (κ2) is 8.54. The molecule has 0 aliphatic rings. The first kappa shape index (κ1) is 19.3. The van der Waals surface area contributed by atoms with Gasteiger partial charge in [0, 0.05) is 22.8 Å². The van der Waals surface area contributed by atoms with E-state index < -0.39 is 0 Å². The molecule has 0 radical (unpaired) electrons. The van der Waals surface area contributed by atoms with Gasteiger partial charge in [0.2, 0.25) is 5.89 Å². The number of amides is 1. The Morgan fingerprint density at radius 1 is 1.17 bits per heavy atom. The molecule has 4 rings (SSSR count). The lowest BCUT2D eigenvalue weighted by molar-refractivity contribution is 0.102. The molecule has 2 aromatic carbocycles. The van der Waals surface area contributed by atoms with Crippen molar-refractivity contribution < 1.29 is 13.7 Å². The number of benzene rings is 2. The van der Waals surface area contributed by atoms with Crippen LogP contribution in [0.3, 0.4) is 0 Å². The van der Waals surface area contributed by atoms with E-state index in [0.717, 1.165) is 10.5 Å². The quantitative estimate of drug-likeness (QED) is 0.428. The lowest BCUT2D eigenvalue weighted by Gasteiger charge is -2.07. The van der Waals surface area contributed by atoms with Crippen LogP contribution in [0.15, 0.2) is 63.3 Å². The van der Waals surface area contributed by atoms with Gasteiger partial charge < -0.3 is 4.52 Å². The molecule has 0 aliphatic carbocycles. The third-order valence-corrected chi connectivity index (χ3v) is 5.75. The summed E-state index contributed by atoms with van der Waals surface area (Å²) in [6.45, 7) is 1.73. The maximum Gasteiger partial charge on any atom is 0.258 e. The van der Waals surface area contributed by atoms with E-state index in [0.29, 0.717) is 33.9 Å². The number of nitrogens with zero attached hydrogens (tertiary/aromatic N) is 3. The van der Waals surface area contributed by atoms with Gasteiger partial charge in [-0.05, 0) is 36.4 Å². The van der Waals surface area contributed by atoms with Gasteiger partial charge in [0.05, 0.1) is 17.0 Å². The summed E-state index contributed by atoms with van der Waals surface area (Å²) in [5, 5.41) is 9.00. The molecule has 0 saturated heterocycles. The van der Waals surface area contributed by atoms with Crippen LogP contribution >= 0.6 is 23.1 Å². The number of aromatic nitrogens is 3. The van der Waals surface area contributed by atoms with Crippen molar-refractivity contribution >= 4 is 34.1 Å². The molecule has 0 fully saturated rings. The van der Waals surface area contributed by atoms with Crippen molar-refractivity contribution in [2.45, 2.75) is 17.6 Å². The van der Waals surface area contributed by atoms with E-state index in [1.165, 1.54) is 35.2 Å². The predicted molar refractivity (Wildman–Crippen MR) is 110 cm³/mol. The molecule has 0 spiro atoms. The lowest BCUT2D eigenvalue weighted by Crippen LogP contribution is -2.12. The standard InChI is InChI=1S/C20H15FN4O2S2/c1-12-22-18(25-27-12)11-28-17-5-3-2-4-15(17)19(26)24-20-23-16(10-29-20)13-6-8-14(21)9-7-13/h2-10H,11H2,1H3,(H,23,24,26). The fourth-order valence-corrected chi connectivity index (χ4v) is 4.18. The van der Waals surface area contributed by atoms with Gasteiger partial charge in [-0.25, -0.2) is 9.37 Å². The Hall–Kier alpha value is -3.04. The Balaban J connectivity index is 1.47. The van der Waals surface area contributed by atoms with E-state index in [1.807, 2.05) is 23.6 Å². The van der Waals surface area contributed by atoms with Crippen LogP contribution in [0.1, 0.15) is 22.1 Å². The van der Waals surface area contributed by atoms with E-state index in [9.17, 15) is 9.18 Å². The van der Waals surface area contributed by atoms with Gasteiger partial charge in [0.15, 0.2) is 11.0 Å². The molecule has 29 heavy (non-hydrogen) atoms. The van der Waals surface area contributed by atoms with Crippen molar-refractivity contribution in [1.82, 2.24) is 15.1 Å². The highest BCUT2D eigenvalue weighted by Gasteiger charge is 2.15. The van der Waals surface area contributed by atoms with Crippen LogP contribution in [0.5, 0.6) is 0 Å². The summed E-state index contributed by atoms with van der Waals surface area (Å²) in [5.41, 5.74) is 2.01. The van der Waals surface area contributed by atoms with Crippen molar-refractivity contribution in [1.29, 1.82) is 0 Å². The van der Waals surface area contributed by atoms with Gasteiger partial charge >= 0.3 is 0 Å². The summed E-state index contributed by atoms with van der Waals surface area (Å²) >= 11 is 2.77. The number of aryl methyl sites for hydroxylation is 1. The molecule has 0 unspecified atom stereocenters. The maximum atomic E-state index is 13.1. The maximum absolute atomic E-state index is 13.1. The molecule has 0 bridgehead atoms. The van der Waals surface area contributed by atoms with Crippen LogP contribution < -0.4 is 5.32 Å². The minimum atomic E-state index is -0.303. The van der Waals surface area contributed by atoms with Gasteiger partial charge in [-0.15, -0.1) is 23.1 Å². The van der Waals surface area contributed by atoms with Gasteiger partial charge in [-0.3, -0.25) is 10.1 Å². The van der Waals surface area contributed by atoms with Crippen molar-refractivity contribution in [3.8, 4) is 11.3 Å². The number of thioether (sulfide) groups is 1. The first-order chi connectivity index (χ1) is 14.1. The number of anilines is 1. The largest absolute Gasteiger partial charge is 0.340 e. The van der Waals surface area contributed by atoms with Crippen molar-refractivity contribution in [2.75, 3.05) is 5.32 Å². The first-order valence-electron chi connectivity index (χ1n) is 8.62. The fraction of sp³-hybridized carbons (Fsp3) is 0.100. The van der Waals surface area contributed by atoms with Crippen LogP contribution in [0, 0.1) is 12.7 Å². The Morgan fingerprint density at radius 3 is 2.72 bits per heavy atom. The number of rotatable bonds is 6. The van der Waals surface area contributed by atoms with Gasteiger partial charge in [0.25, 0.3) is 5.91 Å². The number of carbonyl (C=O) groups is 1. The van der Waals surface area contributed by atoms with E-state index in [-0.39, 0.29) is 11.7 Å². The Kier molecular flexibility index (Phi) is 5.68. The number of halogens is 1. The summed E-state index contributed by atoms with van der Waals surface area (Å²) in [6, 6.07) is 13.4. The van der Waals surface area contributed by atoms with Crippen molar-refractivity contribution in [2.24, 2.45) is 0 Å². The molecule has 6 nitrogen and oxygen atoms in total. The smallest absolute Gasteiger partial charge is 0.258 e. The van der Waals surface area contributed by atoms with Crippen LogP contribution in [0.2, 0.25) is 0 Å². The summed E-state index contributed by atoms with van der Waals surface area (Å²) in [5.74, 6) is 1.02.